The molecule has 0 atom stereocenters. The maximum atomic E-state index is 5.88. The Labute approximate surface area is 119 Å². The lowest BCUT2D eigenvalue weighted by Crippen LogP contribution is -2.30. The number of benzene rings is 1. The number of fused-ring (bicyclic) bond motifs is 1. The number of rotatable bonds is 4. The zero-order valence-corrected chi connectivity index (χ0v) is 11.9. The summed E-state index contributed by atoms with van der Waals surface area (Å²) in [7, 11) is 0. The van der Waals surface area contributed by atoms with Crippen LogP contribution in [0, 0.1) is 0 Å². The molecule has 0 aliphatic carbocycles. The standard InChI is InChI=1S/C15H21N5/c1-2-7-20-15(17-11-18-20)10-19-8-3-4-12-9-13(16)5-6-14(12)19/h5-6,9,11H,2-4,7-8,10,16H2,1H3. The van der Waals surface area contributed by atoms with Crippen LogP contribution in [0.1, 0.15) is 31.2 Å². The molecule has 1 aliphatic rings. The number of hydrogen-bond donors (Lipinski definition) is 1. The second-order valence-corrected chi connectivity index (χ2v) is 5.31. The van der Waals surface area contributed by atoms with Crippen LogP contribution in [-0.2, 0) is 19.5 Å². The molecule has 2 N–H and O–H groups in total. The molecule has 20 heavy (non-hydrogen) atoms. The first-order valence-corrected chi connectivity index (χ1v) is 7.28. The van der Waals surface area contributed by atoms with Crippen LogP contribution in [-0.4, -0.2) is 21.3 Å². The number of nitrogens with zero attached hydrogens (tertiary/aromatic N) is 4. The first-order chi connectivity index (χ1) is 9.78. The Kier molecular flexibility index (Phi) is 3.58. The molecule has 2 heterocycles. The molecule has 0 amide bonds. The summed E-state index contributed by atoms with van der Waals surface area (Å²) >= 11 is 0. The molecule has 0 spiro atoms. The molecule has 5 nitrogen and oxygen atoms in total. The molecule has 5 heteroatoms. The molecule has 106 valence electrons. The number of nitrogens with two attached hydrogens (primary N) is 1. The fourth-order valence-electron chi connectivity index (χ4n) is 2.84. The van der Waals surface area contributed by atoms with Crippen LogP contribution in [0.4, 0.5) is 11.4 Å². The molecule has 3 rings (SSSR count). The predicted octanol–water partition coefficient (Wildman–Crippen LogP) is 2.22. The summed E-state index contributed by atoms with van der Waals surface area (Å²) in [5.74, 6) is 1.04. The van der Waals surface area contributed by atoms with Crippen molar-refractivity contribution >= 4 is 11.4 Å². The fourth-order valence-corrected chi connectivity index (χ4v) is 2.84. The van der Waals surface area contributed by atoms with Crippen molar-refractivity contribution in [1.82, 2.24) is 14.8 Å². The molecule has 0 radical (unpaired) electrons. The minimum atomic E-state index is 0.816. The van der Waals surface area contributed by atoms with Crippen molar-refractivity contribution in [2.24, 2.45) is 0 Å². The molecule has 0 unspecified atom stereocenters. The van der Waals surface area contributed by atoms with Gasteiger partial charge in [0, 0.05) is 24.5 Å². The van der Waals surface area contributed by atoms with Gasteiger partial charge in [-0.2, -0.15) is 5.10 Å². The third-order valence-corrected chi connectivity index (χ3v) is 3.78. The van der Waals surface area contributed by atoms with Gasteiger partial charge in [-0.3, -0.25) is 0 Å². The van der Waals surface area contributed by atoms with E-state index < -0.39 is 0 Å². The summed E-state index contributed by atoms with van der Waals surface area (Å²) in [5, 5.41) is 4.30. The van der Waals surface area contributed by atoms with Crippen molar-refractivity contribution < 1.29 is 0 Å². The topological polar surface area (TPSA) is 60.0 Å². The molecule has 0 fully saturated rings. The Morgan fingerprint density at radius 1 is 1.35 bits per heavy atom. The summed E-state index contributed by atoms with van der Waals surface area (Å²) in [6, 6.07) is 6.20. The van der Waals surface area contributed by atoms with Crippen molar-refractivity contribution in [2.75, 3.05) is 17.2 Å². The molecule has 0 bridgehead atoms. The van der Waals surface area contributed by atoms with Crippen LogP contribution in [0.3, 0.4) is 0 Å². The average molecular weight is 271 g/mol. The fraction of sp³-hybridized carbons (Fsp3) is 0.467. The molecule has 0 saturated carbocycles. The van der Waals surface area contributed by atoms with Crippen LogP contribution < -0.4 is 10.6 Å². The SMILES string of the molecule is CCCn1ncnc1CN1CCCc2cc(N)ccc21. The van der Waals surface area contributed by atoms with E-state index in [1.165, 1.54) is 17.7 Å². The Balaban J connectivity index is 1.84. The second-order valence-electron chi connectivity index (χ2n) is 5.31. The molecule has 0 saturated heterocycles. The number of nitrogen functional groups attached to an aromatic ring is 1. The molecule has 1 aliphatic heterocycles. The highest BCUT2D eigenvalue weighted by Crippen LogP contribution is 2.29. The minimum Gasteiger partial charge on any atom is -0.399 e. The molecular formula is C15H21N5. The van der Waals surface area contributed by atoms with Gasteiger partial charge in [0.2, 0.25) is 0 Å². The van der Waals surface area contributed by atoms with Gasteiger partial charge in [0.05, 0.1) is 6.54 Å². The molecule has 1 aromatic heterocycles. The van der Waals surface area contributed by atoms with Crippen LogP contribution in [0.2, 0.25) is 0 Å². The average Bonchev–Trinajstić information content (AvgIpc) is 2.86. The highest BCUT2D eigenvalue weighted by molar-refractivity contribution is 5.61. The summed E-state index contributed by atoms with van der Waals surface area (Å²) < 4.78 is 2.01. The number of aryl methyl sites for hydroxylation is 2. The number of anilines is 2. The van der Waals surface area contributed by atoms with E-state index in [-0.39, 0.29) is 0 Å². The van der Waals surface area contributed by atoms with Gasteiger partial charge in [0.25, 0.3) is 0 Å². The van der Waals surface area contributed by atoms with Crippen molar-refractivity contribution in [1.29, 1.82) is 0 Å². The van der Waals surface area contributed by atoms with Crippen molar-refractivity contribution in [2.45, 2.75) is 39.3 Å². The van der Waals surface area contributed by atoms with E-state index in [0.717, 1.165) is 44.0 Å². The van der Waals surface area contributed by atoms with E-state index in [4.69, 9.17) is 5.73 Å². The third-order valence-electron chi connectivity index (χ3n) is 3.78. The van der Waals surface area contributed by atoms with E-state index in [1.54, 1.807) is 6.33 Å². The van der Waals surface area contributed by atoms with Gasteiger partial charge in [-0.05, 0) is 43.0 Å². The Bertz CT molecular complexity index is 590. The third kappa shape index (κ3) is 2.48. The van der Waals surface area contributed by atoms with Crippen LogP contribution in [0.15, 0.2) is 24.5 Å². The number of hydrogen-bond acceptors (Lipinski definition) is 4. The van der Waals surface area contributed by atoms with E-state index in [0.29, 0.717) is 0 Å². The van der Waals surface area contributed by atoms with Crippen LogP contribution >= 0.6 is 0 Å². The van der Waals surface area contributed by atoms with E-state index >= 15 is 0 Å². The number of aromatic nitrogens is 3. The van der Waals surface area contributed by atoms with E-state index in [9.17, 15) is 0 Å². The van der Waals surface area contributed by atoms with Gasteiger partial charge in [-0.1, -0.05) is 6.92 Å². The van der Waals surface area contributed by atoms with Gasteiger partial charge < -0.3 is 10.6 Å². The second kappa shape index (κ2) is 5.53. The molecule has 2 aromatic rings. The smallest absolute Gasteiger partial charge is 0.146 e. The predicted molar refractivity (Wildman–Crippen MR) is 80.5 cm³/mol. The van der Waals surface area contributed by atoms with Crippen molar-refractivity contribution in [3.63, 3.8) is 0 Å². The largest absolute Gasteiger partial charge is 0.399 e. The lowest BCUT2D eigenvalue weighted by atomic mass is 10.0. The normalized spacial score (nSPS) is 14.3. The van der Waals surface area contributed by atoms with E-state index in [2.05, 4.69) is 34.0 Å². The zero-order chi connectivity index (χ0) is 13.9. The quantitative estimate of drug-likeness (QED) is 0.866. The zero-order valence-electron chi connectivity index (χ0n) is 11.9. The maximum absolute atomic E-state index is 5.88. The molecular weight excluding hydrogens is 250 g/mol. The van der Waals surface area contributed by atoms with Gasteiger partial charge in [0.15, 0.2) is 0 Å². The van der Waals surface area contributed by atoms with Crippen molar-refractivity contribution in [3.05, 3.63) is 35.9 Å². The monoisotopic (exact) mass is 271 g/mol. The maximum Gasteiger partial charge on any atom is 0.146 e. The van der Waals surface area contributed by atoms with Crippen molar-refractivity contribution in [3.8, 4) is 0 Å². The Morgan fingerprint density at radius 2 is 2.25 bits per heavy atom. The summed E-state index contributed by atoms with van der Waals surface area (Å²) in [6.07, 6.45) is 5.00. The summed E-state index contributed by atoms with van der Waals surface area (Å²) in [6.45, 7) is 4.97. The lowest BCUT2D eigenvalue weighted by molar-refractivity contribution is 0.555. The summed E-state index contributed by atoms with van der Waals surface area (Å²) in [5.41, 5.74) is 9.36. The van der Waals surface area contributed by atoms with Gasteiger partial charge in [-0.25, -0.2) is 9.67 Å². The first-order valence-electron chi connectivity index (χ1n) is 7.28. The van der Waals surface area contributed by atoms with E-state index in [1.807, 2.05) is 10.7 Å². The highest BCUT2D eigenvalue weighted by Gasteiger charge is 2.18. The van der Waals surface area contributed by atoms with Gasteiger partial charge >= 0.3 is 0 Å². The minimum absolute atomic E-state index is 0.816. The van der Waals surface area contributed by atoms with Crippen LogP contribution in [0.5, 0.6) is 0 Å². The first kappa shape index (κ1) is 13.0. The van der Waals surface area contributed by atoms with Crippen LogP contribution in [0.25, 0.3) is 0 Å². The Morgan fingerprint density at radius 3 is 3.10 bits per heavy atom. The lowest BCUT2D eigenvalue weighted by Gasteiger charge is -2.31. The summed E-state index contributed by atoms with van der Waals surface area (Å²) in [4.78, 5) is 6.79. The van der Waals surface area contributed by atoms with Gasteiger partial charge in [-0.15, -0.1) is 0 Å². The van der Waals surface area contributed by atoms with Gasteiger partial charge in [0.1, 0.15) is 12.2 Å². The highest BCUT2D eigenvalue weighted by atomic mass is 15.3. The molecule has 1 aromatic carbocycles. The Hall–Kier alpha value is -2.04.